The van der Waals surface area contributed by atoms with Crippen LogP contribution >= 0.6 is 0 Å². The van der Waals surface area contributed by atoms with E-state index in [1.165, 1.54) is 0 Å². The fourth-order valence-electron chi connectivity index (χ4n) is 3.38. The van der Waals surface area contributed by atoms with Crippen molar-refractivity contribution in [2.75, 3.05) is 13.2 Å². The van der Waals surface area contributed by atoms with Crippen LogP contribution in [0.1, 0.15) is 29.1 Å². The van der Waals surface area contributed by atoms with Gasteiger partial charge in [-0.15, -0.1) is 0 Å². The number of halogens is 6. The van der Waals surface area contributed by atoms with E-state index in [4.69, 9.17) is 14.2 Å². The lowest BCUT2D eigenvalue weighted by Gasteiger charge is -2.27. The van der Waals surface area contributed by atoms with Gasteiger partial charge in [0.2, 0.25) is 0 Å². The fourth-order valence-corrected chi connectivity index (χ4v) is 3.38. The van der Waals surface area contributed by atoms with Crippen LogP contribution in [0.4, 0.5) is 26.3 Å². The molecule has 4 nitrogen and oxygen atoms in total. The van der Waals surface area contributed by atoms with Gasteiger partial charge in [0.05, 0.1) is 13.2 Å². The average molecular weight is 482 g/mol. The van der Waals surface area contributed by atoms with Crippen molar-refractivity contribution < 1.29 is 45.3 Å². The Bertz CT molecular complexity index is 1210. The SMILES string of the molecule is CC1COC(c2cc(F)c(C(=O)Oc3ccc(-c4cc(F)c(F)c(F)c4)c(F)c3)c(F)c2)OC1. The van der Waals surface area contributed by atoms with Gasteiger partial charge >= 0.3 is 5.97 Å². The summed E-state index contributed by atoms with van der Waals surface area (Å²) in [5.74, 6) is -10.0. The number of carbonyl (C=O) groups excluding carboxylic acids is 1. The van der Waals surface area contributed by atoms with Gasteiger partial charge in [-0.25, -0.2) is 31.1 Å². The summed E-state index contributed by atoms with van der Waals surface area (Å²) in [5, 5.41) is 0. The third-order valence-corrected chi connectivity index (χ3v) is 5.05. The molecular formula is C24H16F6O4. The van der Waals surface area contributed by atoms with E-state index < -0.39 is 58.5 Å². The number of hydrogen-bond acceptors (Lipinski definition) is 4. The fraction of sp³-hybridized carbons (Fsp3) is 0.208. The number of rotatable bonds is 4. The van der Waals surface area contributed by atoms with E-state index in [0.717, 1.165) is 24.3 Å². The summed E-state index contributed by atoms with van der Waals surface area (Å²) >= 11 is 0. The molecule has 0 spiro atoms. The first-order valence-corrected chi connectivity index (χ1v) is 10.0. The van der Waals surface area contributed by atoms with Crippen molar-refractivity contribution in [3.63, 3.8) is 0 Å². The van der Waals surface area contributed by atoms with Crippen molar-refractivity contribution in [1.29, 1.82) is 0 Å². The van der Waals surface area contributed by atoms with Crippen LogP contribution in [-0.4, -0.2) is 19.2 Å². The third-order valence-electron chi connectivity index (χ3n) is 5.05. The van der Waals surface area contributed by atoms with Crippen molar-refractivity contribution in [3.05, 3.63) is 88.5 Å². The van der Waals surface area contributed by atoms with Gasteiger partial charge in [-0.05, 0) is 42.0 Å². The molecule has 0 aliphatic carbocycles. The van der Waals surface area contributed by atoms with Gasteiger partial charge in [-0.3, -0.25) is 0 Å². The van der Waals surface area contributed by atoms with E-state index in [-0.39, 0.29) is 22.6 Å². The summed E-state index contributed by atoms with van der Waals surface area (Å²) in [6, 6.07) is 5.68. The van der Waals surface area contributed by atoms with Crippen molar-refractivity contribution in [3.8, 4) is 16.9 Å². The van der Waals surface area contributed by atoms with Crippen LogP contribution in [0.2, 0.25) is 0 Å². The molecule has 0 N–H and O–H groups in total. The first-order valence-electron chi connectivity index (χ1n) is 10.0. The third kappa shape index (κ3) is 4.78. The van der Waals surface area contributed by atoms with Crippen LogP contribution in [0, 0.1) is 40.8 Å². The molecule has 1 aliphatic heterocycles. The van der Waals surface area contributed by atoms with Crippen molar-refractivity contribution in [2.45, 2.75) is 13.2 Å². The van der Waals surface area contributed by atoms with Gasteiger partial charge < -0.3 is 14.2 Å². The maximum Gasteiger partial charge on any atom is 0.349 e. The minimum absolute atomic E-state index is 0.0348. The van der Waals surface area contributed by atoms with Crippen LogP contribution in [0.15, 0.2) is 42.5 Å². The summed E-state index contributed by atoms with van der Waals surface area (Å²) in [5.41, 5.74) is -1.60. The molecule has 1 fully saturated rings. The second-order valence-corrected chi connectivity index (χ2v) is 7.75. The summed E-state index contributed by atoms with van der Waals surface area (Å²) in [7, 11) is 0. The van der Waals surface area contributed by atoms with E-state index in [9.17, 15) is 31.1 Å². The summed E-state index contributed by atoms with van der Waals surface area (Å²) in [4.78, 5) is 12.4. The zero-order valence-electron chi connectivity index (χ0n) is 17.5. The molecule has 3 aromatic rings. The lowest BCUT2D eigenvalue weighted by molar-refractivity contribution is -0.202. The standard InChI is InChI=1S/C24H16F6O4/c1-11-9-32-24(33-10-11)13-6-17(26)21(18(27)7-13)23(31)34-14-2-3-15(16(25)8-14)12-4-19(28)22(30)20(29)5-12/h2-8,11,24H,9-10H2,1H3. The normalized spacial score (nSPS) is 18.1. The molecule has 3 aromatic carbocycles. The topological polar surface area (TPSA) is 44.8 Å². The zero-order chi connectivity index (χ0) is 24.6. The largest absolute Gasteiger partial charge is 0.423 e. The molecule has 1 heterocycles. The Kier molecular flexibility index (Phi) is 6.63. The smallest absolute Gasteiger partial charge is 0.349 e. The van der Waals surface area contributed by atoms with Gasteiger partial charge in [0.25, 0.3) is 0 Å². The Morgan fingerprint density at radius 1 is 0.824 bits per heavy atom. The Morgan fingerprint density at radius 2 is 1.41 bits per heavy atom. The molecule has 0 atom stereocenters. The van der Waals surface area contributed by atoms with Crippen molar-refractivity contribution >= 4 is 5.97 Å². The van der Waals surface area contributed by atoms with E-state index in [1.54, 1.807) is 0 Å². The van der Waals surface area contributed by atoms with Crippen LogP contribution in [0.25, 0.3) is 11.1 Å². The predicted octanol–water partition coefficient (Wildman–Crippen LogP) is 6.09. The summed E-state index contributed by atoms with van der Waals surface area (Å²) in [6.45, 7) is 2.54. The van der Waals surface area contributed by atoms with Crippen LogP contribution in [0.5, 0.6) is 5.75 Å². The maximum atomic E-state index is 14.5. The highest BCUT2D eigenvalue weighted by Crippen LogP contribution is 2.31. The highest BCUT2D eigenvalue weighted by atomic mass is 19.2. The second-order valence-electron chi connectivity index (χ2n) is 7.75. The van der Waals surface area contributed by atoms with E-state index in [0.29, 0.717) is 31.4 Å². The van der Waals surface area contributed by atoms with Crippen LogP contribution in [0.3, 0.4) is 0 Å². The monoisotopic (exact) mass is 482 g/mol. The highest BCUT2D eigenvalue weighted by molar-refractivity contribution is 5.91. The summed E-state index contributed by atoms with van der Waals surface area (Å²) < 4.78 is 99.2. The molecule has 0 bridgehead atoms. The minimum atomic E-state index is -1.71. The Hall–Kier alpha value is -3.37. The van der Waals surface area contributed by atoms with E-state index in [2.05, 4.69) is 0 Å². The molecule has 0 aromatic heterocycles. The summed E-state index contributed by atoms with van der Waals surface area (Å²) in [6.07, 6.45) is -0.993. The van der Waals surface area contributed by atoms with Crippen LogP contribution < -0.4 is 4.74 Å². The minimum Gasteiger partial charge on any atom is -0.423 e. The number of hydrogen-bond donors (Lipinski definition) is 0. The number of esters is 1. The number of benzene rings is 3. The Morgan fingerprint density at radius 3 is 1.97 bits per heavy atom. The predicted molar refractivity (Wildman–Crippen MR) is 107 cm³/mol. The quantitative estimate of drug-likeness (QED) is 0.196. The number of carbonyl (C=O) groups is 1. The highest BCUT2D eigenvalue weighted by Gasteiger charge is 2.27. The first-order chi connectivity index (χ1) is 16.1. The van der Waals surface area contributed by atoms with Gasteiger partial charge in [-0.1, -0.05) is 6.92 Å². The molecule has 0 saturated carbocycles. The second kappa shape index (κ2) is 9.47. The Balaban J connectivity index is 1.54. The average Bonchev–Trinajstić information content (AvgIpc) is 2.77. The van der Waals surface area contributed by atoms with Gasteiger partial charge in [0, 0.05) is 23.1 Å². The van der Waals surface area contributed by atoms with E-state index >= 15 is 0 Å². The van der Waals surface area contributed by atoms with Gasteiger partial charge in [0.1, 0.15) is 28.8 Å². The van der Waals surface area contributed by atoms with E-state index in [1.807, 2.05) is 6.92 Å². The maximum absolute atomic E-state index is 14.5. The lowest BCUT2D eigenvalue weighted by Crippen LogP contribution is -2.25. The molecular weight excluding hydrogens is 466 g/mol. The van der Waals surface area contributed by atoms with Crippen molar-refractivity contribution in [2.24, 2.45) is 5.92 Å². The van der Waals surface area contributed by atoms with Gasteiger partial charge in [-0.2, -0.15) is 0 Å². The Labute approximate surface area is 189 Å². The molecule has 4 rings (SSSR count). The zero-order valence-corrected chi connectivity index (χ0v) is 17.5. The molecule has 0 amide bonds. The lowest BCUT2D eigenvalue weighted by atomic mass is 10.0. The molecule has 34 heavy (non-hydrogen) atoms. The molecule has 1 saturated heterocycles. The van der Waals surface area contributed by atoms with Crippen molar-refractivity contribution in [1.82, 2.24) is 0 Å². The molecule has 0 unspecified atom stereocenters. The molecule has 1 aliphatic rings. The first kappa shape index (κ1) is 23.8. The number of ether oxygens (including phenoxy) is 3. The molecule has 10 heteroatoms. The molecule has 0 radical (unpaired) electrons. The van der Waals surface area contributed by atoms with Gasteiger partial charge in [0.15, 0.2) is 23.7 Å². The van der Waals surface area contributed by atoms with Crippen LogP contribution in [-0.2, 0) is 9.47 Å². The molecule has 178 valence electrons.